The first kappa shape index (κ1) is 16.2. The number of aryl methyl sites for hydroxylation is 1. The second-order valence-electron chi connectivity index (χ2n) is 5.50. The minimum Gasteiger partial charge on any atom is -0.357 e. The highest BCUT2D eigenvalue weighted by atomic mass is 32.1. The van der Waals surface area contributed by atoms with Gasteiger partial charge in [0.15, 0.2) is 5.69 Å². The molecule has 0 amide bonds. The molecule has 0 aliphatic rings. The van der Waals surface area contributed by atoms with Gasteiger partial charge in [-0.25, -0.2) is 0 Å². The zero-order chi connectivity index (χ0) is 16.8. The highest BCUT2D eigenvalue weighted by Gasteiger charge is 2.16. The lowest BCUT2D eigenvalue weighted by Crippen LogP contribution is -2.12. The molecule has 0 bridgehead atoms. The Bertz CT molecular complexity index is 802. The van der Waals surface area contributed by atoms with Crippen LogP contribution in [-0.2, 0) is 6.42 Å². The van der Waals surface area contributed by atoms with Crippen LogP contribution in [0.2, 0.25) is 0 Å². The molecule has 0 radical (unpaired) electrons. The largest absolute Gasteiger partial charge is 0.357 e. The van der Waals surface area contributed by atoms with Crippen molar-refractivity contribution in [1.29, 1.82) is 5.26 Å². The van der Waals surface area contributed by atoms with Crippen molar-refractivity contribution in [3.8, 4) is 6.07 Å². The van der Waals surface area contributed by atoms with E-state index >= 15 is 0 Å². The minimum absolute atomic E-state index is 0.0166. The molecule has 24 heavy (non-hydrogen) atoms. The van der Waals surface area contributed by atoms with Gasteiger partial charge in [0.25, 0.3) is 0 Å². The van der Waals surface area contributed by atoms with Crippen LogP contribution in [0, 0.1) is 11.3 Å². The molecule has 0 saturated heterocycles. The van der Waals surface area contributed by atoms with Crippen molar-refractivity contribution >= 4 is 17.2 Å². The molecule has 0 fully saturated rings. The summed E-state index contributed by atoms with van der Waals surface area (Å²) in [6.07, 6.45) is 2.24. The average Bonchev–Trinajstić information content (AvgIpc) is 3.16. The lowest BCUT2D eigenvalue weighted by atomic mass is 10.0. The number of hydrogen-bond acceptors (Lipinski definition) is 5. The summed E-state index contributed by atoms with van der Waals surface area (Å²) in [7, 11) is 0. The maximum absolute atomic E-state index is 8.84. The highest BCUT2D eigenvalue weighted by Crippen LogP contribution is 2.29. The SMILES string of the molecule is CCCc1ccc(C(Nc2ccc(C#N)nn2)c2cccs2)cc1. The molecule has 2 heterocycles. The number of thiophene rings is 1. The monoisotopic (exact) mass is 334 g/mol. The Morgan fingerprint density at radius 3 is 2.54 bits per heavy atom. The smallest absolute Gasteiger partial charge is 0.163 e. The summed E-state index contributed by atoms with van der Waals surface area (Å²) in [5.74, 6) is 0.657. The van der Waals surface area contributed by atoms with Gasteiger partial charge in [-0.05, 0) is 41.1 Å². The van der Waals surface area contributed by atoms with Crippen LogP contribution < -0.4 is 5.32 Å². The van der Waals surface area contributed by atoms with Crippen molar-refractivity contribution < 1.29 is 0 Å². The average molecular weight is 334 g/mol. The molecule has 4 nitrogen and oxygen atoms in total. The van der Waals surface area contributed by atoms with Gasteiger partial charge < -0.3 is 5.32 Å². The van der Waals surface area contributed by atoms with E-state index in [0.29, 0.717) is 11.5 Å². The van der Waals surface area contributed by atoms with Crippen LogP contribution in [0.4, 0.5) is 5.82 Å². The third-order valence-electron chi connectivity index (χ3n) is 3.75. The predicted octanol–water partition coefficient (Wildman–Crippen LogP) is 4.56. The minimum atomic E-state index is 0.0166. The summed E-state index contributed by atoms with van der Waals surface area (Å²) in [4.78, 5) is 1.21. The van der Waals surface area contributed by atoms with E-state index in [4.69, 9.17) is 5.26 Å². The van der Waals surface area contributed by atoms with E-state index in [-0.39, 0.29) is 6.04 Å². The zero-order valence-electron chi connectivity index (χ0n) is 13.4. The molecule has 5 heteroatoms. The summed E-state index contributed by atoms with van der Waals surface area (Å²) in [6, 6.07) is 18.3. The number of aromatic nitrogens is 2. The third kappa shape index (κ3) is 3.79. The summed E-state index contributed by atoms with van der Waals surface area (Å²) in [6.45, 7) is 2.19. The van der Waals surface area contributed by atoms with E-state index in [2.05, 4.69) is 58.1 Å². The fourth-order valence-electron chi connectivity index (χ4n) is 2.56. The number of anilines is 1. The summed E-state index contributed by atoms with van der Waals surface area (Å²) in [5, 5.41) is 22.3. The molecule has 3 aromatic rings. The Morgan fingerprint density at radius 2 is 1.96 bits per heavy atom. The first-order chi connectivity index (χ1) is 11.8. The number of rotatable bonds is 6. The van der Waals surface area contributed by atoms with Gasteiger partial charge in [0.05, 0.1) is 6.04 Å². The zero-order valence-corrected chi connectivity index (χ0v) is 14.3. The van der Waals surface area contributed by atoms with Crippen molar-refractivity contribution in [2.24, 2.45) is 0 Å². The standard InChI is InChI=1S/C19H18N4S/c1-2-4-14-6-8-15(9-7-14)19(17-5-3-12-24-17)21-18-11-10-16(13-20)22-23-18/h3,5-12,19H,2,4H2,1H3,(H,21,23). The van der Waals surface area contributed by atoms with Crippen molar-refractivity contribution in [2.75, 3.05) is 5.32 Å². The highest BCUT2D eigenvalue weighted by molar-refractivity contribution is 7.10. The molecular weight excluding hydrogens is 316 g/mol. The fraction of sp³-hybridized carbons (Fsp3) is 0.211. The van der Waals surface area contributed by atoms with Crippen molar-refractivity contribution in [3.63, 3.8) is 0 Å². The second kappa shape index (κ2) is 7.71. The van der Waals surface area contributed by atoms with E-state index in [1.165, 1.54) is 16.0 Å². The van der Waals surface area contributed by atoms with Gasteiger partial charge in [-0.1, -0.05) is 43.7 Å². The molecule has 1 unspecified atom stereocenters. The van der Waals surface area contributed by atoms with Crippen molar-refractivity contribution in [3.05, 3.63) is 75.6 Å². The van der Waals surface area contributed by atoms with Gasteiger partial charge in [-0.15, -0.1) is 21.5 Å². The predicted molar refractivity (Wildman–Crippen MR) is 97.0 cm³/mol. The lowest BCUT2D eigenvalue weighted by Gasteiger charge is -2.18. The molecule has 120 valence electrons. The molecule has 1 aromatic carbocycles. The number of hydrogen-bond donors (Lipinski definition) is 1. The van der Waals surface area contributed by atoms with Crippen LogP contribution in [0.25, 0.3) is 0 Å². The Labute approximate surface area is 145 Å². The number of nitrogens with one attached hydrogen (secondary N) is 1. The van der Waals surface area contributed by atoms with Crippen LogP contribution in [0.1, 0.15) is 41.1 Å². The first-order valence-corrected chi connectivity index (χ1v) is 8.80. The van der Waals surface area contributed by atoms with Crippen LogP contribution in [0.3, 0.4) is 0 Å². The van der Waals surface area contributed by atoms with Crippen LogP contribution in [0.5, 0.6) is 0 Å². The van der Waals surface area contributed by atoms with E-state index in [0.717, 1.165) is 12.8 Å². The third-order valence-corrected chi connectivity index (χ3v) is 4.69. The molecule has 0 spiro atoms. The first-order valence-electron chi connectivity index (χ1n) is 7.92. The maximum atomic E-state index is 8.84. The Hall–Kier alpha value is -2.71. The van der Waals surface area contributed by atoms with Crippen molar-refractivity contribution in [1.82, 2.24) is 10.2 Å². The Kier molecular flexibility index (Phi) is 5.19. The van der Waals surface area contributed by atoms with Crippen LogP contribution in [-0.4, -0.2) is 10.2 Å². The van der Waals surface area contributed by atoms with Crippen molar-refractivity contribution in [2.45, 2.75) is 25.8 Å². The molecule has 1 N–H and O–H groups in total. The maximum Gasteiger partial charge on any atom is 0.163 e. The topological polar surface area (TPSA) is 61.6 Å². The molecule has 0 aliphatic carbocycles. The molecule has 0 aliphatic heterocycles. The van der Waals surface area contributed by atoms with Gasteiger partial charge in [0.1, 0.15) is 11.9 Å². The molecule has 0 saturated carbocycles. The molecule has 1 atom stereocenters. The summed E-state index contributed by atoms with van der Waals surface area (Å²) >= 11 is 1.70. The second-order valence-corrected chi connectivity index (χ2v) is 6.48. The molecular formula is C19H18N4S. The number of nitrogens with zero attached hydrogens (tertiary/aromatic N) is 3. The number of benzene rings is 1. The Morgan fingerprint density at radius 1 is 1.12 bits per heavy atom. The van der Waals surface area contributed by atoms with E-state index in [1.807, 2.05) is 12.1 Å². The van der Waals surface area contributed by atoms with E-state index in [1.54, 1.807) is 23.5 Å². The van der Waals surface area contributed by atoms with Gasteiger partial charge in [0.2, 0.25) is 0 Å². The summed E-state index contributed by atoms with van der Waals surface area (Å²) in [5.41, 5.74) is 2.85. The lowest BCUT2D eigenvalue weighted by molar-refractivity contribution is 0.902. The van der Waals surface area contributed by atoms with E-state index in [9.17, 15) is 0 Å². The Balaban J connectivity index is 1.87. The normalized spacial score (nSPS) is 11.7. The number of nitriles is 1. The van der Waals surface area contributed by atoms with E-state index < -0.39 is 0 Å². The fourth-order valence-corrected chi connectivity index (χ4v) is 3.36. The molecule has 3 rings (SSSR count). The van der Waals surface area contributed by atoms with Gasteiger partial charge in [-0.2, -0.15) is 5.26 Å². The quantitative estimate of drug-likeness (QED) is 0.717. The molecule has 2 aromatic heterocycles. The van der Waals surface area contributed by atoms with Crippen LogP contribution >= 0.6 is 11.3 Å². The van der Waals surface area contributed by atoms with Crippen LogP contribution in [0.15, 0.2) is 53.9 Å². The summed E-state index contributed by atoms with van der Waals surface area (Å²) < 4.78 is 0. The van der Waals surface area contributed by atoms with Gasteiger partial charge in [-0.3, -0.25) is 0 Å². The van der Waals surface area contributed by atoms with Gasteiger partial charge in [0, 0.05) is 4.88 Å². The van der Waals surface area contributed by atoms with Gasteiger partial charge >= 0.3 is 0 Å².